The van der Waals surface area contributed by atoms with Crippen LogP contribution in [0.4, 0.5) is 0 Å². The van der Waals surface area contributed by atoms with E-state index in [4.69, 9.17) is 0 Å². The van der Waals surface area contributed by atoms with Crippen LogP contribution >= 0.6 is 0 Å². The minimum Gasteiger partial charge on any atom is -0.335 e. The highest BCUT2D eigenvalue weighted by molar-refractivity contribution is 5.88. The topological polar surface area (TPSA) is 68.1 Å². The molecule has 1 fully saturated rings. The number of hydrogen-bond donors (Lipinski definition) is 0. The van der Waals surface area contributed by atoms with Crippen molar-refractivity contribution in [2.45, 2.75) is 51.6 Å². The second-order valence-electron chi connectivity index (χ2n) is 7.90. The average Bonchev–Trinajstić information content (AvgIpc) is 2.76. The van der Waals surface area contributed by atoms with Gasteiger partial charge in [0.1, 0.15) is 0 Å². The fraction of sp³-hybridized carbons (Fsp3) is 0.391. The maximum Gasteiger partial charge on any atom is 0.274 e. The van der Waals surface area contributed by atoms with E-state index in [1.807, 2.05) is 61.3 Å². The molecule has 0 bridgehead atoms. The molecule has 3 heterocycles. The summed E-state index contributed by atoms with van der Waals surface area (Å²) >= 11 is 0. The summed E-state index contributed by atoms with van der Waals surface area (Å²) in [5, 5.41) is 5.95. The summed E-state index contributed by atoms with van der Waals surface area (Å²) in [6, 6.07) is 11.4. The fourth-order valence-electron chi connectivity index (χ4n) is 4.15. The number of hydrogen-bond acceptors (Lipinski definition) is 4. The third-order valence-electron chi connectivity index (χ3n) is 5.61. The molecule has 2 aromatic heterocycles. The fourth-order valence-corrected chi connectivity index (χ4v) is 4.15. The zero-order valence-corrected chi connectivity index (χ0v) is 16.9. The van der Waals surface area contributed by atoms with Crippen molar-refractivity contribution in [3.63, 3.8) is 0 Å². The third kappa shape index (κ3) is 3.79. The maximum absolute atomic E-state index is 13.3. The molecule has 3 aromatic rings. The second-order valence-corrected chi connectivity index (χ2v) is 7.90. The van der Waals surface area contributed by atoms with Gasteiger partial charge in [-0.05, 0) is 50.8 Å². The summed E-state index contributed by atoms with van der Waals surface area (Å²) in [5.74, 6) is 0.0464. The van der Waals surface area contributed by atoms with Crippen LogP contribution in [0.15, 0.2) is 53.6 Å². The molecule has 0 radical (unpaired) electrons. The van der Waals surface area contributed by atoms with Gasteiger partial charge in [0, 0.05) is 24.3 Å². The smallest absolute Gasteiger partial charge is 0.274 e. The predicted molar refractivity (Wildman–Crippen MR) is 113 cm³/mol. The molecule has 1 amide bonds. The van der Waals surface area contributed by atoms with Crippen LogP contribution < -0.4 is 5.56 Å². The van der Waals surface area contributed by atoms with Crippen LogP contribution in [0.1, 0.15) is 56.5 Å². The molecule has 1 atom stereocenters. The van der Waals surface area contributed by atoms with Crippen molar-refractivity contribution in [1.29, 1.82) is 0 Å². The van der Waals surface area contributed by atoms with E-state index in [1.165, 1.54) is 4.68 Å². The minimum atomic E-state index is -0.113. The Morgan fingerprint density at radius 1 is 1.14 bits per heavy atom. The third-order valence-corrected chi connectivity index (χ3v) is 5.61. The summed E-state index contributed by atoms with van der Waals surface area (Å²) in [7, 11) is 0. The summed E-state index contributed by atoms with van der Waals surface area (Å²) in [5.41, 5.74) is 1.62. The first kappa shape index (κ1) is 19.3. The highest BCUT2D eigenvalue weighted by Crippen LogP contribution is 2.31. The maximum atomic E-state index is 13.3. The van der Waals surface area contributed by atoms with Crippen molar-refractivity contribution >= 4 is 16.7 Å². The van der Waals surface area contributed by atoms with Gasteiger partial charge in [-0.2, -0.15) is 5.10 Å². The SMILES string of the molecule is CC(C)n1nc(CC(=O)N2CCCCC2c2cccnc2)c2ccccc2c1=O. The predicted octanol–water partition coefficient (Wildman–Crippen LogP) is 3.67. The van der Waals surface area contributed by atoms with Crippen LogP contribution in [-0.4, -0.2) is 32.1 Å². The molecule has 6 nitrogen and oxygen atoms in total. The van der Waals surface area contributed by atoms with Crippen LogP contribution in [0.25, 0.3) is 10.8 Å². The largest absolute Gasteiger partial charge is 0.335 e. The molecule has 0 aliphatic carbocycles. The number of pyridine rings is 1. The molecule has 1 aromatic carbocycles. The molecule has 1 aliphatic rings. The summed E-state index contributed by atoms with van der Waals surface area (Å²) in [6.07, 6.45) is 6.83. The van der Waals surface area contributed by atoms with Crippen LogP contribution in [0.2, 0.25) is 0 Å². The van der Waals surface area contributed by atoms with Gasteiger partial charge in [-0.1, -0.05) is 24.3 Å². The van der Waals surface area contributed by atoms with E-state index in [9.17, 15) is 9.59 Å². The van der Waals surface area contributed by atoms with Crippen molar-refractivity contribution < 1.29 is 4.79 Å². The lowest BCUT2D eigenvalue weighted by atomic mass is 9.95. The number of piperidine rings is 1. The monoisotopic (exact) mass is 390 g/mol. The highest BCUT2D eigenvalue weighted by Gasteiger charge is 2.29. The van der Waals surface area contributed by atoms with E-state index < -0.39 is 0 Å². The molecule has 1 aliphatic heterocycles. The van der Waals surface area contributed by atoms with Crippen LogP contribution in [0.5, 0.6) is 0 Å². The molecule has 150 valence electrons. The van der Waals surface area contributed by atoms with E-state index >= 15 is 0 Å². The van der Waals surface area contributed by atoms with Crippen LogP contribution in [0.3, 0.4) is 0 Å². The number of rotatable bonds is 4. The Bertz CT molecular complexity index is 1080. The van der Waals surface area contributed by atoms with Crippen LogP contribution in [-0.2, 0) is 11.2 Å². The molecule has 6 heteroatoms. The lowest BCUT2D eigenvalue weighted by molar-refractivity contribution is -0.134. The van der Waals surface area contributed by atoms with E-state index in [0.717, 1.165) is 36.8 Å². The first-order valence-electron chi connectivity index (χ1n) is 10.3. The Morgan fingerprint density at radius 2 is 1.93 bits per heavy atom. The van der Waals surface area contributed by atoms with Gasteiger partial charge in [0.2, 0.25) is 5.91 Å². The quantitative estimate of drug-likeness (QED) is 0.682. The molecule has 29 heavy (non-hydrogen) atoms. The molecule has 0 saturated carbocycles. The van der Waals surface area contributed by atoms with Gasteiger partial charge in [-0.25, -0.2) is 4.68 Å². The van der Waals surface area contributed by atoms with Gasteiger partial charge < -0.3 is 4.90 Å². The van der Waals surface area contributed by atoms with E-state index in [-0.39, 0.29) is 30.0 Å². The van der Waals surface area contributed by atoms with Crippen molar-refractivity contribution in [3.8, 4) is 0 Å². The zero-order valence-electron chi connectivity index (χ0n) is 16.9. The van der Waals surface area contributed by atoms with Gasteiger partial charge in [-0.15, -0.1) is 0 Å². The average molecular weight is 390 g/mol. The van der Waals surface area contributed by atoms with Crippen molar-refractivity contribution in [1.82, 2.24) is 19.7 Å². The lowest BCUT2D eigenvalue weighted by Crippen LogP contribution is -2.40. The summed E-state index contributed by atoms with van der Waals surface area (Å²) in [4.78, 5) is 32.3. The van der Waals surface area contributed by atoms with Crippen molar-refractivity contribution in [3.05, 3.63) is 70.4 Å². The van der Waals surface area contributed by atoms with E-state index in [1.54, 1.807) is 6.20 Å². The molecular weight excluding hydrogens is 364 g/mol. The Morgan fingerprint density at radius 3 is 2.66 bits per heavy atom. The summed E-state index contributed by atoms with van der Waals surface area (Å²) < 4.78 is 1.49. The zero-order chi connectivity index (χ0) is 20.4. The normalized spacial score (nSPS) is 17.1. The number of nitrogens with zero attached hydrogens (tertiary/aromatic N) is 4. The second kappa shape index (κ2) is 8.15. The Kier molecular flexibility index (Phi) is 5.43. The Labute approximate surface area is 170 Å². The Hall–Kier alpha value is -3.02. The molecule has 1 unspecified atom stereocenters. The van der Waals surface area contributed by atoms with Gasteiger partial charge in [0.05, 0.1) is 29.6 Å². The number of amides is 1. The molecule has 0 spiro atoms. The number of likely N-dealkylation sites (tertiary alicyclic amines) is 1. The standard InChI is InChI=1S/C23H26N4O2/c1-16(2)27-23(29)19-10-4-3-9-18(19)20(25-27)14-22(28)26-13-6-5-11-21(26)17-8-7-12-24-15-17/h3-4,7-10,12,15-16,21H,5-6,11,13-14H2,1-2H3. The molecule has 1 saturated heterocycles. The van der Waals surface area contributed by atoms with Gasteiger partial charge >= 0.3 is 0 Å². The van der Waals surface area contributed by atoms with E-state index in [0.29, 0.717) is 11.1 Å². The first-order chi connectivity index (χ1) is 14.1. The highest BCUT2D eigenvalue weighted by atomic mass is 16.2. The number of benzene rings is 1. The minimum absolute atomic E-state index is 0.0464. The van der Waals surface area contributed by atoms with Crippen molar-refractivity contribution in [2.75, 3.05) is 6.54 Å². The number of carbonyl (C=O) groups excluding carboxylic acids is 1. The number of fused-ring (bicyclic) bond motifs is 1. The number of carbonyl (C=O) groups is 1. The van der Waals surface area contributed by atoms with E-state index in [2.05, 4.69) is 10.1 Å². The first-order valence-corrected chi connectivity index (χ1v) is 10.3. The molecule has 4 rings (SSSR count). The molecule has 0 N–H and O–H groups in total. The van der Waals surface area contributed by atoms with Gasteiger partial charge in [0.25, 0.3) is 5.56 Å². The van der Waals surface area contributed by atoms with Gasteiger partial charge in [0.15, 0.2) is 0 Å². The van der Waals surface area contributed by atoms with Gasteiger partial charge in [-0.3, -0.25) is 14.6 Å². The number of aromatic nitrogens is 3. The Balaban J connectivity index is 1.70. The molecular formula is C23H26N4O2. The summed E-state index contributed by atoms with van der Waals surface area (Å²) in [6.45, 7) is 4.59. The lowest BCUT2D eigenvalue weighted by Gasteiger charge is -2.36. The van der Waals surface area contributed by atoms with Crippen LogP contribution in [0, 0.1) is 0 Å². The van der Waals surface area contributed by atoms with Crippen molar-refractivity contribution in [2.24, 2.45) is 0 Å².